The number of aliphatic hydroxyl groups excluding tert-OH is 1. The van der Waals surface area contributed by atoms with Crippen molar-refractivity contribution in [3.8, 4) is 0 Å². The summed E-state index contributed by atoms with van der Waals surface area (Å²) in [6.45, 7) is 0.267. The van der Waals surface area contributed by atoms with Crippen LogP contribution in [0.1, 0.15) is 5.56 Å². The smallest absolute Gasteiger partial charge is 0.262 e. The zero-order valence-corrected chi connectivity index (χ0v) is 13.9. The van der Waals surface area contributed by atoms with Crippen molar-refractivity contribution in [3.05, 3.63) is 50.9 Å². The monoisotopic (exact) mass is 380 g/mol. The third kappa shape index (κ3) is 3.23. The molecule has 0 spiro atoms. The Hall–Kier alpha value is -1.64. The predicted molar refractivity (Wildman–Crippen MR) is 88.9 cm³/mol. The number of hydrogen-bond donors (Lipinski definition) is 2. The van der Waals surface area contributed by atoms with Gasteiger partial charge in [0, 0.05) is 10.2 Å². The van der Waals surface area contributed by atoms with Gasteiger partial charge in [0.05, 0.1) is 19.3 Å². The molecule has 0 saturated heterocycles. The second-order valence-corrected chi connectivity index (χ2v) is 6.49. The Morgan fingerprint density at radius 3 is 2.82 bits per heavy atom. The molecular weight excluding hydrogens is 368 g/mol. The first kappa shape index (κ1) is 15.3. The van der Waals surface area contributed by atoms with Gasteiger partial charge in [0.15, 0.2) is 10.8 Å². The van der Waals surface area contributed by atoms with Gasteiger partial charge in [-0.25, -0.2) is 9.67 Å². The highest BCUT2D eigenvalue weighted by atomic mass is 79.9. The van der Waals surface area contributed by atoms with Crippen LogP contribution in [0.15, 0.2) is 44.9 Å². The number of hydrogen-bond acceptors (Lipinski definition) is 5. The van der Waals surface area contributed by atoms with Gasteiger partial charge >= 0.3 is 0 Å². The minimum Gasteiger partial charge on any atom is -0.394 e. The van der Waals surface area contributed by atoms with E-state index < -0.39 is 0 Å². The molecule has 2 aromatic heterocycles. The van der Waals surface area contributed by atoms with Gasteiger partial charge in [-0.15, -0.1) is 0 Å². The van der Waals surface area contributed by atoms with E-state index in [1.165, 1.54) is 22.6 Å². The van der Waals surface area contributed by atoms with E-state index in [1.54, 1.807) is 0 Å². The number of nitrogens with zero attached hydrogens (tertiary/aromatic N) is 3. The number of halogens is 1. The van der Waals surface area contributed by atoms with Crippen molar-refractivity contribution in [1.82, 2.24) is 19.7 Å². The minimum atomic E-state index is -0.215. The number of rotatable bonds is 5. The van der Waals surface area contributed by atoms with Gasteiger partial charge < -0.3 is 10.1 Å². The van der Waals surface area contributed by atoms with Gasteiger partial charge in [-0.3, -0.25) is 4.79 Å². The molecule has 114 valence electrons. The van der Waals surface area contributed by atoms with Crippen molar-refractivity contribution in [2.45, 2.75) is 17.5 Å². The van der Waals surface area contributed by atoms with Crippen LogP contribution >= 0.6 is 27.7 Å². The van der Waals surface area contributed by atoms with Gasteiger partial charge in [-0.1, -0.05) is 39.8 Å². The summed E-state index contributed by atoms with van der Waals surface area (Å²) in [6.07, 6.45) is 1.47. The zero-order chi connectivity index (χ0) is 15.5. The van der Waals surface area contributed by atoms with Gasteiger partial charge in [0.25, 0.3) is 5.56 Å². The molecule has 2 heterocycles. The molecule has 2 N–H and O–H groups in total. The van der Waals surface area contributed by atoms with E-state index in [-0.39, 0.29) is 12.2 Å². The molecule has 0 aliphatic rings. The van der Waals surface area contributed by atoms with Gasteiger partial charge in [0.1, 0.15) is 5.39 Å². The Morgan fingerprint density at radius 1 is 1.32 bits per heavy atom. The fraction of sp³-hybridized carbons (Fsp3) is 0.214. The van der Waals surface area contributed by atoms with E-state index in [4.69, 9.17) is 5.11 Å². The highest BCUT2D eigenvalue weighted by Crippen LogP contribution is 2.21. The minimum absolute atomic E-state index is 0.0490. The molecule has 1 aromatic carbocycles. The van der Waals surface area contributed by atoms with Crippen LogP contribution in [-0.4, -0.2) is 31.5 Å². The average molecular weight is 381 g/mol. The van der Waals surface area contributed by atoms with Gasteiger partial charge in [-0.2, -0.15) is 5.10 Å². The van der Waals surface area contributed by atoms with Crippen LogP contribution in [0.3, 0.4) is 0 Å². The third-order valence-corrected chi connectivity index (χ3v) is 4.56. The van der Waals surface area contributed by atoms with Crippen molar-refractivity contribution < 1.29 is 5.11 Å². The number of benzene rings is 1. The van der Waals surface area contributed by atoms with Crippen molar-refractivity contribution in [2.75, 3.05) is 6.61 Å². The maximum absolute atomic E-state index is 12.0. The highest BCUT2D eigenvalue weighted by molar-refractivity contribution is 9.10. The summed E-state index contributed by atoms with van der Waals surface area (Å²) < 4.78 is 2.57. The van der Waals surface area contributed by atoms with E-state index in [9.17, 15) is 4.79 Å². The summed E-state index contributed by atoms with van der Waals surface area (Å²) in [6, 6.07) is 7.99. The molecule has 22 heavy (non-hydrogen) atoms. The predicted octanol–water partition coefficient (Wildman–Crippen LogP) is 2.17. The molecule has 0 radical (unpaired) electrons. The van der Waals surface area contributed by atoms with Crippen LogP contribution in [0.25, 0.3) is 11.0 Å². The summed E-state index contributed by atoms with van der Waals surface area (Å²) in [4.78, 5) is 19.2. The maximum atomic E-state index is 12.0. The van der Waals surface area contributed by atoms with Crippen molar-refractivity contribution in [3.63, 3.8) is 0 Å². The number of aliphatic hydroxyl groups is 1. The lowest BCUT2D eigenvalue weighted by molar-refractivity contribution is 0.271. The Kier molecular flexibility index (Phi) is 4.60. The second kappa shape index (κ2) is 6.64. The number of nitrogens with one attached hydrogen (secondary N) is 1. The number of aromatic amines is 1. The molecule has 0 amide bonds. The lowest BCUT2D eigenvalue weighted by Gasteiger charge is -2.03. The van der Waals surface area contributed by atoms with Crippen LogP contribution in [-0.2, 0) is 12.3 Å². The van der Waals surface area contributed by atoms with E-state index in [1.807, 2.05) is 24.3 Å². The molecule has 0 aliphatic carbocycles. The molecule has 0 aliphatic heterocycles. The van der Waals surface area contributed by atoms with Crippen LogP contribution in [0.2, 0.25) is 0 Å². The van der Waals surface area contributed by atoms with Gasteiger partial charge in [-0.05, 0) is 17.7 Å². The summed E-state index contributed by atoms with van der Waals surface area (Å²) in [7, 11) is 0. The Balaban J connectivity index is 1.85. The molecular formula is C14H13BrN4O2S. The maximum Gasteiger partial charge on any atom is 0.262 e. The van der Waals surface area contributed by atoms with Crippen molar-refractivity contribution in [1.29, 1.82) is 0 Å². The molecule has 8 heteroatoms. The standard InChI is InChI=1S/C14H13BrN4O2S/c15-10-3-1-9(2-4-10)8-22-14-17-12-11(13(21)18-14)7-16-19(12)5-6-20/h1-4,7,20H,5-6,8H2,(H,17,18,21). The largest absolute Gasteiger partial charge is 0.394 e. The fourth-order valence-corrected chi connectivity index (χ4v) is 3.08. The van der Waals surface area contributed by atoms with Crippen LogP contribution in [0.4, 0.5) is 0 Å². The first-order chi connectivity index (χ1) is 10.7. The van der Waals surface area contributed by atoms with Gasteiger partial charge in [0.2, 0.25) is 0 Å². The van der Waals surface area contributed by atoms with Crippen LogP contribution in [0.5, 0.6) is 0 Å². The highest BCUT2D eigenvalue weighted by Gasteiger charge is 2.10. The molecule has 0 fully saturated rings. The summed E-state index contributed by atoms with van der Waals surface area (Å²) in [5.41, 5.74) is 1.42. The van der Waals surface area contributed by atoms with E-state index in [0.29, 0.717) is 28.5 Å². The lowest BCUT2D eigenvalue weighted by Crippen LogP contribution is -2.11. The normalized spacial score (nSPS) is 11.2. The van der Waals surface area contributed by atoms with Crippen LogP contribution < -0.4 is 5.56 Å². The first-order valence-electron chi connectivity index (χ1n) is 6.61. The Bertz CT molecular complexity index is 844. The summed E-state index contributed by atoms with van der Waals surface area (Å²) in [5, 5.41) is 14.1. The third-order valence-electron chi connectivity index (χ3n) is 3.08. The molecule has 0 atom stereocenters. The van der Waals surface area contributed by atoms with Crippen molar-refractivity contribution in [2.24, 2.45) is 0 Å². The van der Waals surface area contributed by atoms with Crippen LogP contribution in [0, 0.1) is 0 Å². The number of fused-ring (bicyclic) bond motifs is 1. The number of aromatic nitrogens is 4. The molecule has 6 nitrogen and oxygen atoms in total. The number of thioether (sulfide) groups is 1. The van der Waals surface area contributed by atoms with E-state index >= 15 is 0 Å². The number of H-pyrrole nitrogens is 1. The Morgan fingerprint density at radius 2 is 2.09 bits per heavy atom. The molecule has 0 saturated carbocycles. The molecule has 0 unspecified atom stereocenters. The van der Waals surface area contributed by atoms with Crippen molar-refractivity contribution >= 4 is 38.7 Å². The van der Waals surface area contributed by atoms with E-state index in [0.717, 1.165) is 10.0 Å². The quantitative estimate of drug-likeness (QED) is 0.523. The first-order valence-corrected chi connectivity index (χ1v) is 8.39. The topological polar surface area (TPSA) is 83.8 Å². The zero-order valence-electron chi connectivity index (χ0n) is 11.5. The lowest BCUT2D eigenvalue weighted by atomic mass is 10.2. The average Bonchev–Trinajstić information content (AvgIpc) is 2.91. The summed E-state index contributed by atoms with van der Waals surface area (Å²) >= 11 is 4.85. The Labute approximate surface area is 138 Å². The second-order valence-electron chi connectivity index (χ2n) is 4.61. The fourth-order valence-electron chi connectivity index (χ4n) is 2.00. The molecule has 3 aromatic rings. The molecule has 3 rings (SSSR count). The molecule has 0 bridgehead atoms. The SMILES string of the molecule is O=c1[nH]c(SCc2ccc(Br)cc2)nc2c1cnn2CCO. The van der Waals surface area contributed by atoms with E-state index in [2.05, 4.69) is 31.0 Å². The summed E-state index contributed by atoms with van der Waals surface area (Å²) in [5.74, 6) is 0.704.